The Morgan fingerprint density at radius 3 is 2.60 bits per heavy atom. The van der Waals surface area contributed by atoms with Crippen molar-refractivity contribution in [2.75, 3.05) is 25.9 Å². The first-order valence-electron chi connectivity index (χ1n) is 6.09. The summed E-state index contributed by atoms with van der Waals surface area (Å²) in [5.74, 6) is -0.344. The van der Waals surface area contributed by atoms with Crippen LogP contribution in [0.2, 0.25) is 0 Å². The number of nitrogen functional groups attached to an aromatic ring is 1. The summed E-state index contributed by atoms with van der Waals surface area (Å²) in [6.45, 7) is 1.62. The zero-order valence-electron chi connectivity index (χ0n) is 11.3. The summed E-state index contributed by atoms with van der Waals surface area (Å²) in [5, 5.41) is 0. The second-order valence-electron chi connectivity index (χ2n) is 4.25. The van der Waals surface area contributed by atoms with Crippen LogP contribution >= 0.6 is 0 Å². The van der Waals surface area contributed by atoms with Crippen molar-refractivity contribution in [2.45, 2.75) is 19.5 Å². The Bertz CT molecular complexity index is 475. The number of anilines is 1. The summed E-state index contributed by atoms with van der Waals surface area (Å²) in [6.07, 6.45) is -5.35. The van der Waals surface area contributed by atoms with Gasteiger partial charge in [0.1, 0.15) is 0 Å². The summed E-state index contributed by atoms with van der Waals surface area (Å²) >= 11 is 0. The van der Waals surface area contributed by atoms with E-state index in [1.165, 1.54) is 13.1 Å². The maximum Gasteiger partial charge on any atom is 0.390 e. The highest BCUT2D eigenvalue weighted by Gasteiger charge is 2.28. The quantitative estimate of drug-likeness (QED) is 0.848. The van der Waals surface area contributed by atoms with Crippen molar-refractivity contribution in [1.29, 1.82) is 0 Å². The number of nitrogens with two attached hydrogens (primary N) is 1. The van der Waals surface area contributed by atoms with Crippen LogP contribution in [-0.2, 0) is 0 Å². The van der Waals surface area contributed by atoms with E-state index >= 15 is 0 Å². The van der Waals surface area contributed by atoms with E-state index in [9.17, 15) is 18.0 Å². The van der Waals surface area contributed by atoms with Gasteiger partial charge in [-0.3, -0.25) is 4.79 Å². The summed E-state index contributed by atoms with van der Waals surface area (Å²) in [7, 11) is 1.31. The number of hydrogen-bond acceptors (Lipinski definition) is 3. The van der Waals surface area contributed by atoms with Crippen LogP contribution in [0.4, 0.5) is 18.9 Å². The molecule has 0 aliphatic heterocycles. The highest BCUT2D eigenvalue weighted by atomic mass is 19.4. The fraction of sp³-hybridized carbons (Fsp3) is 0.462. The number of ether oxygens (including phenoxy) is 1. The predicted octanol–water partition coefficient (Wildman–Crippen LogP) is 2.69. The lowest BCUT2D eigenvalue weighted by atomic mass is 10.1. The van der Waals surface area contributed by atoms with Gasteiger partial charge in [0.15, 0.2) is 5.75 Å². The second kappa shape index (κ2) is 6.49. The van der Waals surface area contributed by atoms with Gasteiger partial charge in [-0.2, -0.15) is 13.2 Å². The maximum absolute atomic E-state index is 12.2. The lowest BCUT2D eigenvalue weighted by molar-refractivity contribution is -0.136. The van der Waals surface area contributed by atoms with Gasteiger partial charge in [0.2, 0.25) is 0 Å². The predicted molar refractivity (Wildman–Crippen MR) is 69.7 cm³/mol. The van der Waals surface area contributed by atoms with E-state index in [4.69, 9.17) is 10.5 Å². The van der Waals surface area contributed by atoms with Crippen molar-refractivity contribution in [1.82, 2.24) is 4.90 Å². The Morgan fingerprint density at radius 2 is 2.05 bits per heavy atom. The van der Waals surface area contributed by atoms with E-state index in [-0.39, 0.29) is 17.0 Å². The first-order valence-corrected chi connectivity index (χ1v) is 6.09. The van der Waals surface area contributed by atoms with Gasteiger partial charge < -0.3 is 15.4 Å². The molecule has 1 aromatic rings. The van der Waals surface area contributed by atoms with E-state index in [0.717, 1.165) is 4.90 Å². The molecule has 2 N–H and O–H groups in total. The number of nitrogens with zero attached hydrogens (tertiary/aromatic N) is 1. The average Bonchev–Trinajstić information content (AvgIpc) is 2.37. The van der Waals surface area contributed by atoms with Crippen LogP contribution in [0.15, 0.2) is 18.2 Å². The van der Waals surface area contributed by atoms with Gasteiger partial charge in [-0.05, 0) is 19.1 Å². The minimum atomic E-state index is -4.30. The number of halogens is 3. The molecule has 1 amide bonds. The average molecular weight is 290 g/mol. The monoisotopic (exact) mass is 290 g/mol. The molecule has 0 spiro atoms. The van der Waals surface area contributed by atoms with E-state index in [1.54, 1.807) is 19.1 Å². The molecule has 0 atom stereocenters. The van der Waals surface area contributed by atoms with Crippen molar-refractivity contribution >= 4 is 11.6 Å². The molecular weight excluding hydrogens is 273 g/mol. The number of rotatable bonds is 5. The summed E-state index contributed by atoms with van der Waals surface area (Å²) in [5.41, 5.74) is 6.16. The van der Waals surface area contributed by atoms with Gasteiger partial charge in [-0.15, -0.1) is 0 Å². The van der Waals surface area contributed by atoms with Gasteiger partial charge in [0.05, 0.1) is 24.3 Å². The van der Waals surface area contributed by atoms with Gasteiger partial charge in [0.25, 0.3) is 5.91 Å². The standard InChI is InChI=1S/C13H17F3N2O2/c1-3-20-11-9(5-4-6-10(11)17)12(19)18(2)8-7-13(14,15)16/h4-6H,3,7-8,17H2,1-2H3. The zero-order chi connectivity index (χ0) is 15.3. The van der Waals surface area contributed by atoms with Crippen LogP contribution in [-0.4, -0.2) is 37.2 Å². The molecule has 0 aliphatic rings. The molecule has 1 aromatic carbocycles. The number of carbonyl (C=O) groups excluding carboxylic acids is 1. The summed E-state index contributed by atoms with van der Waals surface area (Å²) in [6, 6.07) is 4.61. The van der Waals surface area contributed by atoms with E-state index in [1.807, 2.05) is 0 Å². The third kappa shape index (κ3) is 4.32. The molecule has 4 nitrogen and oxygen atoms in total. The molecule has 112 valence electrons. The minimum Gasteiger partial charge on any atom is -0.491 e. The number of benzene rings is 1. The SMILES string of the molecule is CCOc1c(N)cccc1C(=O)N(C)CCC(F)(F)F. The lowest BCUT2D eigenvalue weighted by Gasteiger charge is -2.20. The molecule has 0 saturated carbocycles. The summed E-state index contributed by atoms with van der Waals surface area (Å²) < 4.78 is 41.8. The smallest absolute Gasteiger partial charge is 0.390 e. The molecule has 7 heteroatoms. The molecule has 0 bridgehead atoms. The number of para-hydroxylation sites is 1. The van der Waals surface area contributed by atoms with Crippen molar-refractivity contribution in [3.8, 4) is 5.75 Å². The van der Waals surface area contributed by atoms with Crippen molar-refractivity contribution in [3.63, 3.8) is 0 Å². The number of alkyl halides is 3. The molecule has 0 aromatic heterocycles. The molecule has 20 heavy (non-hydrogen) atoms. The van der Waals surface area contributed by atoms with Crippen molar-refractivity contribution in [2.24, 2.45) is 0 Å². The number of hydrogen-bond donors (Lipinski definition) is 1. The summed E-state index contributed by atoms with van der Waals surface area (Å²) in [4.78, 5) is 13.1. The van der Waals surface area contributed by atoms with Gasteiger partial charge in [0, 0.05) is 13.6 Å². The molecule has 0 saturated heterocycles. The third-order valence-corrected chi connectivity index (χ3v) is 2.64. The molecular formula is C13H17F3N2O2. The Morgan fingerprint density at radius 1 is 1.40 bits per heavy atom. The Hall–Kier alpha value is -1.92. The highest BCUT2D eigenvalue weighted by molar-refractivity contribution is 5.98. The van der Waals surface area contributed by atoms with Crippen molar-refractivity contribution in [3.05, 3.63) is 23.8 Å². The molecule has 0 unspecified atom stereocenters. The van der Waals surface area contributed by atoms with Crippen LogP contribution < -0.4 is 10.5 Å². The minimum absolute atomic E-state index is 0.163. The molecule has 0 fully saturated rings. The van der Waals surface area contributed by atoms with Crippen molar-refractivity contribution < 1.29 is 22.7 Å². The van der Waals surface area contributed by atoms with E-state index < -0.39 is 25.0 Å². The Balaban J connectivity index is 2.89. The largest absolute Gasteiger partial charge is 0.491 e. The van der Waals surface area contributed by atoms with Crippen LogP contribution in [0, 0.1) is 0 Å². The molecule has 1 rings (SSSR count). The fourth-order valence-electron chi connectivity index (χ4n) is 1.63. The second-order valence-corrected chi connectivity index (χ2v) is 4.25. The zero-order valence-corrected chi connectivity index (χ0v) is 11.3. The highest BCUT2D eigenvalue weighted by Crippen LogP contribution is 2.28. The third-order valence-electron chi connectivity index (χ3n) is 2.64. The van der Waals surface area contributed by atoms with Gasteiger partial charge in [-0.1, -0.05) is 6.07 Å². The number of amides is 1. The van der Waals surface area contributed by atoms with Crippen LogP contribution in [0.25, 0.3) is 0 Å². The lowest BCUT2D eigenvalue weighted by Crippen LogP contribution is -2.31. The topological polar surface area (TPSA) is 55.6 Å². The fourth-order valence-corrected chi connectivity index (χ4v) is 1.63. The molecule has 0 aliphatic carbocycles. The molecule has 0 heterocycles. The normalized spacial score (nSPS) is 11.2. The van der Waals surface area contributed by atoms with E-state index in [2.05, 4.69) is 0 Å². The maximum atomic E-state index is 12.2. The van der Waals surface area contributed by atoms with Gasteiger partial charge >= 0.3 is 6.18 Å². The van der Waals surface area contributed by atoms with Crippen LogP contribution in [0.3, 0.4) is 0 Å². The first kappa shape index (κ1) is 16.1. The first-order chi connectivity index (χ1) is 9.26. The van der Waals surface area contributed by atoms with E-state index in [0.29, 0.717) is 6.61 Å². The Labute approximate surface area is 115 Å². The Kier molecular flexibility index (Phi) is 5.24. The molecule has 0 radical (unpaired) electrons. The van der Waals surface area contributed by atoms with Gasteiger partial charge in [-0.25, -0.2) is 0 Å². The number of carbonyl (C=O) groups is 1. The van der Waals surface area contributed by atoms with Crippen LogP contribution in [0.5, 0.6) is 5.75 Å². The van der Waals surface area contributed by atoms with Crippen LogP contribution in [0.1, 0.15) is 23.7 Å².